The highest BCUT2D eigenvalue weighted by molar-refractivity contribution is 6.51. The summed E-state index contributed by atoms with van der Waals surface area (Å²) >= 11 is 0. The first-order valence-corrected chi connectivity index (χ1v) is 9.90. The molecule has 1 aromatic heterocycles. The van der Waals surface area contributed by atoms with Gasteiger partial charge in [-0.15, -0.1) is 0 Å². The Kier molecular flexibility index (Phi) is 5.15. The Bertz CT molecular complexity index is 1200. The lowest BCUT2D eigenvalue weighted by molar-refractivity contribution is -0.132. The molecule has 0 bridgehead atoms. The van der Waals surface area contributed by atoms with E-state index in [0.29, 0.717) is 28.5 Å². The van der Waals surface area contributed by atoms with Crippen LogP contribution in [0.15, 0.2) is 64.6 Å². The van der Waals surface area contributed by atoms with Crippen molar-refractivity contribution < 1.29 is 23.8 Å². The Balaban J connectivity index is 1.95. The summed E-state index contributed by atoms with van der Waals surface area (Å²) in [6.45, 7) is 5.64. The Morgan fingerprint density at radius 1 is 1.00 bits per heavy atom. The molecule has 2 aromatic carbocycles. The zero-order chi connectivity index (χ0) is 22.3. The van der Waals surface area contributed by atoms with Gasteiger partial charge in [-0.25, -0.2) is 0 Å². The molecule has 4 rings (SSSR count). The molecule has 31 heavy (non-hydrogen) atoms. The number of aryl methyl sites for hydroxylation is 3. The van der Waals surface area contributed by atoms with Gasteiger partial charge >= 0.3 is 0 Å². The number of aliphatic hydroxyl groups is 1. The maximum absolute atomic E-state index is 13.2. The fourth-order valence-electron chi connectivity index (χ4n) is 3.98. The number of amides is 1. The topological polar surface area (TPSA) is 80.0 Å². The number of benzene rings is 2. The van der Waals surface area contributed by atoms with Crippen LogP contribution < -0.4 is 9.64 Å². The maximum atomic E-state index is 13.2. The summed E-state index contributed by atoms with van der Waals surface area (Å²) in [6.07, 6.45) is 0. The zero-order valence-corrected chi connectivity index (χ0v) is 17.8. The molecule has 1 aliphatic heterocycles. The average molecular weight is 417 g/mol. The van der Waals surface area contributed by atoms with Crippen molar-refractivity contribution in [2.45, 2.75) is 26.8 Å². The number of carbonyl (C=O) groups is 2. The van der Waals surface area contributed by atoms with E-state index in [-0.39, 0.29) is 11.3 Å². The standard InChI is InChI=1S/C25H23NO5/c1-14-10-15(2)12-18(11-14)26-22(20-9-8-16(3)31-20)21(24(28)25(26)29)23(27)17-6-5-7-19(13-17)30-4/h5-13,22,27H,1-4H3/b23-21-. The molecule has 0 aliphatic carbocycles. The molecule has 1 N–H and O–H groups in total. The highest BCUT2D eigenvalue weighted by atomic mass is 16.5. The number of nitrogens with zero attached hydrogens (tertiary/aromatic N) is 1. The lowest BCUT2D eigenvalue weighted by Crippen LogP contribution is -2.29. The predicted molar refractivity (Wildman–Crippen MR) is 117 cm³/mol. The van der Waals surface area contributed by atoms with E-state index in [0.717, 1.165) is 11.1 Å². The fourth-order valence-corrected chi connectivity index (χ4v) is 3.98. The van der Waals surface area contributed by atoms with Crippen molar-refractivity contribution in [3.05, 3.63) is 88.4 Å². The van der Waals surface area contributed by atoms with Crippen LogP contribution in [-0.4, -0.2) is 23.9 Å². The summed E-state index contributed by atoms with van der Waals surface area (Å²) in [5, 5.41) is 11.1. The molecular weight excluding hydrogens is 394 g/mol. The van der Waals surface area contributed by atoms with Gasteiger partial charge in [0.25, 0.3) is 11.7 Å². The number of rotatable bonds is 4. The number of aliphatic hydroxyl groups excluding tert-OH is 1. The number of Topliss-reactive ketones (excluding diaryl/α,β-unsaturated/α-hetero) is 1. The lowest BCUT2D eigenvalue weighted by atomic mass is 9.99. The molecule has 0 radical (unpaired) electrons. The molecule has 6 heteroatoms. The van der Waals surface area contributed by atoms with Crippen LogP contribution in [-0.2, 0) is 9.59 Å². The van der Waals surface area contributed by atoms with Crippen molar-refractivity contribution in [1.82, 2.24) is 0 Å². The number of anilines is 1. The van der Waals surface area contributed by atoms with Crippen LogP contribution in [0.25, 0.3) is 5.76 Å². The van der Waals surface area contributed by atoms with Gasteiger partial charge in [0.1, 0.15) is 29.1 Å². The van der Waals surface area contributed by atoms with Gasteiger partial charge in [0.15, 0.2) is 0 Å². The summed E-state index contributed by atoms with van der Waals surface area (Å²) in [5.41, 5.74) is 2.85. The number of ketones is 1. The molecule has 2 heterocycles. The molecule has 0 spiro atoms. The molecule has 1 amide bonds. The van der Waals surface area contributed by atoms with Gasteiger partial charge in [-0.05, 0) is 68.3 Å². The molecule has 0 saturated carbocycles. The van der Waals surface area contributed by atoms with E-state index >= 15 is 0 Å². The van der Waals surface area contributed by atoms with E-state index in [9.17, 15) is 14.7 Å². The molecular formula is C25H23NO5. The van der Waals surface area contributed by atoms with E-state index in [1.807, 2.05) is 32.0 Å². The second-order valence-corrected chi connectivity index (χ2v) is 7.70. The Morgan fingerprint density at radius 3 is 2.32 bits per heavy atom. The average Bonchev–Trinajstić information content (AvgIpc) is 3.28. The lowest BCUT2D eigenvalue weighted by Gasteiger charge is -2.24. The zero-order valence-electron chi connectivity index (χ0n) is 17.8. The summed E-state index contributed by atoms with van der Waals surface area (Å²) in [6, 6.07) is 15.0. The highest BCUT2D eigenvalue weighted by Crippen LogP contribution is 2.43. The number of hydrogen-bond acceptors (Lipinski definition) is 5. The van der Waals surface area contributed by atoms with E-state index in [4.69, 9.17) is 9.15 Å². The van der Waals surface area contributed by atoms with Gasteiger partial charge in [0, 0.05) is 11.3 Å². The van der Waals surface area contributed by atoms with Gasteiger partial charge in [0.05, 0.1) is 12.7 Å². The van der Waals surface area contributed by atoms with Crippen molar-refractivity contribution in [2.75, 3.05) is 12.0 Å². The molecule has 1 saturated heterocycles. The van der Waals surface area contributed by atoms with Gasteiger partial charge in [0.2, 0.25) is 0 Å². The van der Waals surface area contributed by atoms with Crippen molar-refractivity contribution in [3.8, 4) is 5.75 Å². The van der Waals surface area contributed by atoms with Crippen LogP contribution >= 0.6 is 0 Å². The Morgan fingerprint density at radius 2 is 1.71 bits per heavy atom. The first kappa shape index (κ1) is 20.5. The molecule has 1 unspecified atom stereocenters. The molecule has 6 nitrogen and oxygen atoms in total. The molecule has 1 fully saturated rings. The third-order valence-corrected chi connectivity index (χ3v) is 5.30. The minimum absolute atomic E-state index is 0.0215. The summed E-state index contributed by atoms with van der Waals surface area (Å²) in [4.78, 5) is 27.7. The van der Waals surface area contributed by atoms with Gasteiger partial charge in [-0.1, -0.05) is 18.2 Å². The van der Waals surface area contributed by atoms with Gasteiger partial charge in [-0.3, -0.25) is 14.5 Å². The van der Waals surface area contributed by atoms with E-state index in [1.54, 1.807) is 43.3 Å². The number of hydrogen-bond donors (Lipinski definition) is 1. The smallest absolute Gasteiger partial charge is 0.300 e. The maximum Gasteiger partial charge on any atom is 0.300 e. The summed E-state index contributed by atoms with van der Waals surface area (Å²) in [5.74, 6) is -0.184. The second kappa shape index (κ2) is 7.80. The van der Waals surface area contributed by atoms with Crippen LogP contribution in [0.5, 0.6) is 5.75 Å². The first-order chi connectivity index (χ1) is 14.8. The SMILES string of the molecule is COc1cccc(/C(O)=C2/C(=O)C(=O)N(c3cc(C)cc(C)c3)C2c2ccc(C)o2)c1. The van der Waals surface area contributed by atoms with Crippen LogP contribution in [0.3, 0.4) is 0 Å². The van der Waals surface area contributed by atoms with E-state index in [2.05, 4.69) is 0 Å². The third-order valence-electron chi connectivity index (χ3n) is 5.30. The normalized spacial score (nSPS) is 17.9. The van der Waals surface area contributed by atoms with Crippen molar-refractivity contribution >= 4 is 23.1 Å². The number of carbonyl (C=O) groups excluding carboxylic acids is 2. The van der Waals surface area contributed by atoms with Crippen molar-refractivity contribution in [3.63, 3.8) is 0 Å². The van der Waals surface area contributed by atoms with Crippen molar-refractivity contribution in [1.29, 1.82) is 0 Å². The molecule has 1 atom stereocenters. The van der Waals surface area contributed by atoms with Crippen LogP contribution in [0, 0.1) is 20.8 Å². The van der Waals surface area contributed by atoms with Gasteiger partial charge < -0.3 is 14.3 Å². The Labute approximate surface area is 180 Å². The summed E-state index contributed by atoms with van der Waals surface area (Å²) in [7, 11) is 1.52. The minimum atomic E-state index is -0.888. The minimum Gasteiger partial charge on any atom is -0.507 e. The van der Waals surface area contributed by atoms with Crippen LogP contribution in [0.4, 0.5) is 5.69 Å². The Hall–Kier alpha value is -3.80. The van der Waals surface area contributed by atoms with Crippen molar-refractivity contribution in [2.24, 2.45) is 0 Å². The summed E-state index contributed by atoms with van der Waals surface area (Å²) < 4.78 is 11.1. The number of furan rings is 1. The molecule has 1 aliphatic rings. The van der Waals surface area contributed by atoms with E-state index in [1.165, 1.54) is 12.0 Å². The highest BCUT2D eigenvalue weighted by Gasteiger charge is 2.48. The van der Waals surface area contributed by atoms with Crippen LogP contribution in [0.2, 0.25) is 0 Å². The monoisotopic (exact) mass is 417 g/mol. The second-order valence-electron chi connectivity index (χ2n) is 7.70. The molecule has 3 aromatic rings. The van der Waals surface area contributed by atoms with Crippen LogP contribution in [0.1, 0.15) is 34.3 Å². The van der Waals surface area contributed by atoms with E-state index < -0.39 is 17.7 Å². The largest absolute Gasteiger partial charge is 0.507 e. The first-order valence-electron chi connectivity index (χ1n) is 9.90. The molecule has 158 valence electrons. The number of ether oxygens (including phenoxy) is 1. The fraction of sp³-hybridized carbons (Fsp3) is 0.200. The quantitative estimate of drug-likeness (QED) is 0.373. The van der Waals surface area contributed by atoms with Gasteiger partial charge in [-0.2, -0.15) is 0 Å². The number of methoxy groups -OCH3 is 1. The predicted octanol–water partition coefficient (Wildman–Crippen LogP) is 4.84. The third kappa shape index (κ3) is 3.61.